The molecule has 33 heavy (non-hydrogen) atoms. The van der Waals surface area contributed by atoms with Gasteiger partial charge in [0.1, 0.15) is 11.6 Å². The molecule has 1 aromatic carbocycles. The fraction of sp³-hybridized carbons (Fsp3) is 0.500. The van der Waals surface area contributed by atoms with Crippen molar-refractivity contribution in [2.45, 2.75) is 45.6 Å². The minimum Gasteiger partial charge on any atom is -0.477 e. The fourth-order valence-corrected chi connectivity index (χ4v) is 4.31. The number of carbonyl (C=O) groups excluding carboxylic acids is 1. The molecule has 0 aliphatic carbocycles. The minimum absolute atomic E-state index is 0.00104. The van der Waals surface area contributed by atoms with Gasteiger partial charge in [-0.1, -0.05) is 18.6 Å². The molecule has 1 fully saturated rings. The summed E-state index contributed by atoms with van der Waals surface area (Å²) in [5.41, 5.74) is -0.257. The molecule has 0 radical (unpaired) electrons. The number of nitrogens with zero attached hydrogens (tertiary/aromatic N) is 2. The number of carbonyl (C=O) groups is 2. The Labute approximate surface area is 195 Å². The van der Waals surface area contributed by atoms with Crippen LogP contribution in [0.4, 0.5) is 18.6 Å². The molecule has 2 heterocycles. The summed E-state index contributed by atoms with van der Waals surface area (Å²) in [5, 5.41) is 14.7. The van der Waals surface area contributed by atoms with Crippen molar-refractivity contribution in [3.63, 3.8) is 0 Å². The molecule has 0 spiro atoms. The van der Waals surface area contributed by atoms with Crippen molar-refractivity contribution >= 4 is 28.5 Å². The van der Waals surface area contributed by atoms with Crippen LogP contribution in [0.25, 0.3) is 0 Å². The van der Waals surface area contributed by atoms with Crippen LogP contribution in [0.2, 0.25) is 0 Å². The highest BCUT2D eigenvalue weighted by Crippen LogP contribution is 2.31. The van der Waals surface area contributed by atoms with Crippen LogP contribution in [0, 0.1) is 18.6 Å². The van der Waals surface area contributed by atoms with E-state index in [-0.39, 0.29) is 27.6 Å². The zero-order chi connectivity index (χ0) is 23.8. The first-order chi connectivity index (χ1) is 15.9. The number of rotatable bonds is 10. The lowest BCUT2D eigenvalue weighted by atomic mass is 10.1. The van der Waals surface area contributed by atoms with Crippen molar-refractivity contribution in [2.24, 2.45) is 0 Å². The lowest BCUT2D eigenvalue weighted by Crippen LogP contribution is -2.32. The van der Waals surface area contributed by atoms with Crippen LogP contribution in [-0.2, 0) is 6.61 Å². The SMILES string of the molecule is Cc1ccc(COc2nsc(NC(=O)NCCCCN3CCCCC3)c2C(=O)O)c(F)c1F. The second-order valence-corrected chi connectivity index (χ2v) is 8.72. The average Bonchev–Trinajstić information content (AvgIpc) is 3.20. The molecule has 0 unspecified atom stereocenters. The van der Waals surface area contributed by atoms with Crippen molar-refractivity contribution in [1.82, 2.24) is 14.6 Å². The molecular formula is C22H28F2N4O4S. The second-order valence-electron chi connectivity index (χ2n) is 7.95. The van der Waals surface area contributed by atoms with E-state index in [2.05, 4.69) is 19.9 Å². The van der Waals surface area contributed by atoms with Gasteiger partial charge in [0, 0.05) is 12.1 Å². The summed E-state index contributed by atoms with van der Waals surface area (Å²) >= 11 is 0.738. The number of anilines is 1. The third-order valence-electron chi connectivity index (χ3n) is 5.46. The van der Waals surface area contributed by atoms with Gasteiger partial charge < -0.3 is 20.1 Å². The molecular weight excluding hydrogens is 454 g/mol. The van der Waals surface area contributed by atoms with E-state index in [4.69, 9.17) is 4.74 Å². The van der Waals surface area contributed by atoms with Crippen LogP contribution in [0.3, 0.4) is 0 Å². The number of hydrogen-bond donors (Lipinski definition) is 3. The lowest BCUT2D eigenvalue weighted by Gasteiger charge is -2.26. The van der Waals surface area contributed by atoms with E-state index in [0.29, 0.717) is 6.54 Å². The molecule has 2 amide bonds. The number of aromatic nitrogens is 1. The van der Waals surface area contributed by atoms with Crippen LogP contribution in [-0.4, -0.2) is 52.6 Å². The largest absolute Gasteiger partial charge is 0.477 e. The van der Waals surface area contributed by atoms with E-state index in [1.807, 2.05) is 0 Å². The number of carboxylic acids is 1. The molecule has 1 aliphatic rings. The zero-order valence-corrected chi connectivity index (χ0v) is 19.3. The predicted octanol–water partition coefficient (Wildman–Crippen LogP) is 4.39. The Morgan fingerprint density at radius 1 is 1.18 bits per heavy atom. The highest BCUT2D eigenvalue weighted by Gasteiger charge is 2.24. The van der Waals surface area contributed by atoms with Gasteiger partial charge >= 0.3 is 12.0 Å². The van der Waals surface area contributed by atoms with Crippen LogP contribution in [0.15, 0.2) is 12.1 Å². The number of unbranched alkanes of at least 4 members (excludes halogenated alkanes) is 1. The number of urea groups is 1. The predicted molar refractivity (Wildman–Crippen MR) is 121 cm³/mol. The number of hydrogen-bond acceptors (Lipinski definition) is 6. The van der Waals surface area contributed by atoms with Crippen molar-refractivity contribution in [2.75, 3.05) is 31.5 Å². The molecule has 0 atom stereocenters. The third-order valence-corrected chi connectivity index (χ3v) is 6.20. The summed E-state index contributed by atoms with van der Waals surface area (Å²) in [7, 11) is 0. The number of benzene rings is 1. The quantitative estimate of drug-likeness (QED) is 0.434. The number of aromatic carboxylic acids is 1. The first kappa shape index (κ1) is 24.8. The molecule has 1 aliphatic heterocycles. The summed E-state index contributed by atoms with van der Waals surface area (Å²) < 4.78 is 37.0. The van der Waals surface area contributed by atoms with E-state index in [9.17, 15) is 23.5 Å². The number of likely N-dealkylation sites (tertiary alicyclic amines) is 1. The van der Waals surface area contributed by atoms with E-state index >= 15 is 0 Å². The second kappa shape index (κ2) is 11.9. The Kier molecular flexibility index (Phi) is 8.95. The maximum atomic E-state index is 14.0. The Balaban J connectivity index is 1.49. The molecule has 180 valence electrons. The Bertz CT molecular complexity index is 980. The van der Waals surface area contributed by atoms with Gasteiger partial charge in [-0.25, -0.2) is 18.4 Å². The fourth-order valence-electron chi connectivity index (χ4n) is 3.58. The van der Waals surface area contributed by atoms with Crippen molar-refractivity contribution in [3.8, 4) is 5.88 Å². The number of amides is 2. The van der Waals surface area contributed by atoms with Gasteiger partial charge in [0.05, 0.1) is 0 Å². The van der Waals surface area contributed by atoms with Gasteiger partial charge in [-0.3, -0.25) is 5.32 Å². The van der Waals surface area contributed by atoms with Gasteiger partial charge in [-0.15, -0.1) is 0 Å². The first-order valence-electron chi connectivity index (χ1n) is 10.9. The molecule has 2 aromatic rings. The molecule has 8 nitrogen and oxygen atoms in total. The molecule has 11 heteroatoms. The normalized spacial score (nSPS) is 14.2. The molecule has 1 aromatic heterocycles. The number of carboxylic acid groups (broad SMARTS) is 1. The van der Waals surface area contributed by atoms with Crippen LogP contribution in [0.1, 0.15) is 53.6 Å². The summed E-state index contributed by atoms with van der Waals surface area (Å²) in [6.07, 6.45) is 5.55. The van der Waals surface area contributed by atoms with Crippen molar-refractivity contribution in [3.05, 3.63) is 40.5 Å². The summed E-state index contributed by atoms with van der Waals surface area (Å²) in [6, 6.07) is 2.22. The molecule has 3 N–H and O–H groups in total. The van der Waals surface area contributed by atoms with Crippen molar-refractivity contribution in [1.29, 1.82) is 0 Å². The topological polar surface area (TPSA) is 104 Å². The smallest absolute Gasteiger partial charge is 0.344 e. The number of halogens is 2. The lowest BCUT2D eigenvalue weighted by molar-refractivity contribution is 0.0693. The molecule has 0 bridgehead atoms. The summed E-state index contributed by atoms with van der Waals surface area (Å²) in [4.78, 5) is 26.3. The Hall–Kier alpha value is -2.79. The number of nitrogens with one attached hydrogen (secondary N) is 2. The molecule has 1 saturated heterocycles. The Morgan fingerprint density at radius 2 is 1.94 bits per heavy atom. The number of aryl methyl sites for hydroxylation is 1. The number of piperidine rings is 1. The van der Waals surface area contributed by atoms with E-state index in [1.165, 1.54) is 38.3 Å². The van der Waals surface area contributed by atoms with E-state index in [1.54, 1.807) is 0 Å². The highest BCUT2D eigenvalue weighted by molar-refractivity contribution is 7.11. The van der Waals surface area contributed by atoms with Crippen LogP contribution in [0.5, 0.6) is 5.88 Å². The van der Waals surface area contributed by atoms with Gasteiger partial charge in [0.15, 0.2) is 17.2 Å². The van der Waals surface area contributed by atoms with Crippen LogP contribution < -0.4 is 15.4 Å². The van der Waals surface area contributed by atoms with Crippen LogP contribution >= 0.6 is 11.5 Å². The number of ether oxygens (including phenoxy) is 1. The van der Waals surface area contributed by atoms with Gasteiger partial charge in [0.2, 0.25) is 5.88 Å². The van der Waals surface area contributed by atoms with Gasteiger partial charge in [0.25, 0.3) is 0 Å². The maximum Gasteiger partial charge on any atom is 0.344 e. The molecule has 0 saturated carbocycles. The third kappa shape index (κ3) is 6.84. The molecule has 3 rings (SSSR count). The first-order valence-corrected chi connectivity index (χ1v) is 11.7. The van der Waals surface area contributed by atoms with Gasteiger partial charge in [-0.2, -0.15) is 4.37 Å². The average molecular weight is 483 g/mol. The van der Waals surface area contributed by atoms with E-state index < -0.39 is 30.2 Å². The summed E-state index contributed by atoms with van der Waals surface area (Å²) in [6.45, 7) is 4.76. The van der Waals surface area contributed by atoms with Crippen molar-refractivity contribution < 1.29 is 28.2 Å². The zero-order valence-electron chi connectivity index (χ0n) is 18.5. The monoisotopic (exact) mass is 482 g/mol. The Morgan fingerprint density at radius 3 is 2.67 bits per heavy atom. The van der Waals surface area contributed by atoms with Gasteiger partial charge in [-0.05, 0) is 69.3 Å². The maximum absolute atomic E-state index is 14.0. The highest BCUT2D eigenvalue weighted by atomic mass is 32.1. The standard InChI is InChI=1S/C22H28F2N4O4S/c1-14-7-8-15(18(24)17(14)23)13-32-19-16(21(29)30)20(33-27-19)26-22(31)25-9-3-6-12-28-10-4-2-5-11-28/h7-8H,2-6,9-13H2,1H3,(H,29,30)(H2,25,26,31). The summed E-state index contributed by atoms with van der Waals surface area (Å²) in [5.74, 6) is -3.67. The minimum atomic E-state index is -1.36. The van der Waals surface area contributed by atoms with E-state index in [0.717, 1.165) is 44.0 Å².